The Labute approximate surface area is 119 Å². The Morgan fingerprint density at radius 1 is 1.37 bits per heavy atom. The van der Waals surface area contributed by atoms with Crippen LogP contribution in [0.5, 0.6) is 0 Å². The maximum Gasteiger partial charge on any atom is 0.226 e. The number of hydrogen-bond donors (Lipinski definition) is 1. The van der Waals surface area contributed by atoms with Gasteiger partial charge in [0.05, 0.1) is 5.41 Å². The Morgan fingerprint density at radius 3 is 2.42 bits per heavy atom. The maximum atomic E-state index is 12.9. The third-order valence-corrected chi connectivity index (χ3v) is 4.69. The van der Waals surface area contributed by atoms with Gasteiger partial charge in [-0.1, -0.05) is 26.3 Å². The molecule has 0 aromatic rings. The second-order valence-electron chi connectivity index (χ2n) is 7.10. The fraction of sp³-hybridized carbons (Fsp3) is 0.824. The molecule has 0 bridgehead atoms. The SMILES string of the molecule is C=C[C@@H]1CCC(CC)C(CC)(C(=O)NC(C)(C)C)C1. The molecule has 1 amide bonds. The van der Waals surface area contributed by atoms with Gasteiger partial charge < -0.3 is 5.32 Å². The molecule has 0 aliphatic heterocycles. The first-order valence-corrected chi connectivity index (χ1v) is 7.74. The Kier molecular flexibility index (Phi) is 5.23. The first kappa shape index (κ1) is 16.3. The van der Waals surface area contributed by atoms with Crippen molar-refractivity contribution in [1.82, 2.24) is 5.32 Å². The molecule has 2 unspecified atom stereocenters. The van der Waals surface area contributed by atoms with Crippen molar-refractivity contribution < 1.29 is 4.79 Å². The molecular formula is C17H31NO. The molecule has 0 spiro atoms. The van der Waals surface area contributed by atoms with Gasteiger partial charge in [-0.25, -0.2) is 0 Å². The number of carbonyl (C=O) groups is 1. The minimum atomic E-state index is -0.195. The minimum absolute atomic E-state index is 0.154. The highest BCUT2D eigenvalue weighted by Crippen LogP contribution is 2.48. The number of carbonyl (C=O) groups excluding carboxylic acids is 1. The van der Waals surface area contributed by atoms with Crippen molar-refractivity contribution in [2.45, 2.75) is 72.3 Å². The summed E-state index contributed by atoms with van der Waals surface area (Å²) in [5, 5.41) is 3.22. The molecule has 1 aliphatic carbocycles. The highest BCUT2D eigenvalue weighted by Gasteiger charge is 2.47. The fourth-order valence-corrected chi connectivity index (χ4v) is 3.56. The van der Waals surface area contributed by atoms with Crippen molar-refractivity contribution in [1.29, 1.82) is 0 Å². The Balaban J connectivity index is 3.01. The molecule has 0 aromatic carbocycles. The Hall–Kier alpha value is -0.790. The average Bonchev–Trinajstić information content (AvgIpc) is 2.35. The van der Waals surface area contributed by atoms with E-state index in [4.69, 9.17) is 0 Å². The summed E-state index contributed by atoms with van der Waals surface area (Å²) in [6.07, 6.45) is 7.37. The molecule has 1 fully saturated rings. The van der Waals surface area contributed by atoms with Gasteiger partial charge in [0.1, 0.15) is 0 Å². The van der Waals surface area contributed by atoms with Crippen LogP contribution in [0, 0.1) is 17.3 Å². The lowest BCUT2D eigenvalue weighted by Gasteiger charge is -2.46. The predicted octanol–water partition coefficient (Wildman–Crippen LogP) is 4.31. The van der Waals surface area contributed by atoms with Crippen LogP contribution in [0.15, 0.2) is 12.7 Å². The van der Waals surface area contributed by atoms with Gasteiger partial charge in [-0.3, -0.25) is 4.79 Å². The lowest BCUT2D eigenvalue weighted by Crippen LogP contribution is -2.53. The second kappa shape index (κ2) is 6.11. The molecule has 1 aliphatic rings. The van der Waals surface area contributed by atoms with Crippen molar-refractivity contribution in [2.24, 2.45) is 17.3 Å². The van der Waals surface area contributed by atoms with Crippen molar-refractivity contribution in [2.75, 3.05) is 0 Å². The zero-order chi connectivity index (χ0) is 14.7. The number of hydrogen-bond acceptors (Lipinski definition) is 1. The summed E-state index contributed by atoms with van der Waals surface area (Å²) in [6, 6.07) is 0. The van der Waals surface area contributed by atoms with Gasteiger partial charge in [0.2, 0.25) is 5.91 Å². The van der Waals surface area contributed by atoms with Crippen molar-refractivity contribution in [3.8, 4) is 0 Å². The third-order valence-electron chi connectivity index (χ3n) is 4.69. The highest BCUT2D eigenvalue weighted by atomic mass is 16.2. The zero-order valence-electron chi connectivity index (χ0n) is 13.4. The van der Waals surface area contributed by atoms with E-state index < -0.39 is 0 Å². The van der Waals surface area contributed by atoms with E-state index in [1.165, 1.54) is 6.42 Å². The van der Waals surface area contributed by atoms with Crippen molar-refractivity contribution >= 4 is 5.91 Å². The topological polar surface area (TPSA) is 29.1 Å². The number of amides is 1. The quantitative estimate of drug-likeness (QED) is 0.754. The number of nitrogens with one attached hydrogen (secondary N) is 1. The van der Waals surface area contributed by atoms with Crippen LogP contribution in [-0.2, 0) is 4.79 Å². The van der Waals surface area contributed by atoms with E-state index in [1.807, 2.05) is 6.08 Å². The van der Waals surface area contributed by atoms with Crippen LogP contribution in [0.3, 0.4) is 0 Å². The molecule has 3 atom stereocenters. The van der Waals surface area contributed by atoms with E-state index in [1.54, 1.807) is 0 Å². The lowest BCUT2D eigenvalue weighted by atomic mass is 9.60. The normalized spacial score (nSPS) is 31.8. The summed E-state index contributed by atoms with van der Waals surface area (Å²) in [6.45, 7) is 14.5. The molecule has 2 heteroatoms. The molecule has 2 nitrogen and oxygen atoms in total. The lowest BCUT2D eigenvalue weighted by molar-refractivity contribution is -0.139. The molecule has 0 saturated heterocycles. The standard InChI is InChI=1S/C17H31NO/c1-7-13-10-11-14(8-2)17(9-3,12-13)15(19)18-16(4,5)6/h7,13-14H,1,8-12H2,2-6H3,(H,18,19)/t13-,14?,17?/m1/s1. The molecule has 1 N–H and O–H groups in total. The summed E-state index contributed by atoms with van der Waals surface area (Å²) in [4.78, 5) is 12.9. The van der Waals surface area contributed by atoms with E-state index in [0.29, 0.717) is 11.8 Å². The smallest absolute Gasteiger partial charge is 0.226 e. The molecule has 0 radical (unpaired) electrons. The summed E-state index contributed by atoms with van der Waals surface area (Å²) in [7, 11) is 0. The molecular weight excluding hydrogens is 234 g/mol. The highest BCUT2D eigenvalue weighted by molar-refractivity contribution is 5.83. The van der Waals surface area contributed by atoms with Crippen LogP contribution in [-0.4, -0.2) is 11.4 Å². The summed E-state index contributed by atoms with van der Waals surface area (Å²) in [5.74, 6) is 1.26. The van der Waals surface area contributed by atoms with Crippen LogP contribution < -0.4 is 5.32 Å². The van der Waals surface area contributed by atoms with Crippen molar-refractivity contribution in [3.63, 3.8) is 0 Å². The Morgan fingerprint density at radius 2 is 2.00 bits per heavy atom. The van der Waals surface area contributed by atoms with Crippen molar-refractivity contribution in [3.05, 3.63) is 12.7 Å². The van der Waals surface area contributed by atoms with Crippen LogP contribution in [0.2, 0.25) is 0 Å². The largest absolute Gasteiger partial charge is 0.351 e. The van der Waals surface area contributed by atoms with Gasteiger partial charge in [-0.2, -0.15) is 0 Å². The molecule has 0 aromatic heterocycles. The van der Waals surface area contributed by atoms with E-state index in [-0.39, 0.29) is 16.9 Å². The first-order chi connectivity index (χ1) is 8.79. The van der Waals surface area contributed by atoms with Gasteiger partial charge in [0, 0.05) is 5.54 Å². The monoisotopic (exact) mass is 265 g/mol. The molecule has 0 heterocycles. The number of allylic oxidation sites excluding steroid dienone is 1. The molecule has 1 rings (SSSR count). The predicted molar refractivity (Wildman–Crippen MR) is 81.9 cm³/mol. The average molecular weight is 265 g/mol. The van der Waals surface area contributed by atoms with Crippen LogP contribution in [0.25, 0.3) is 0 Å². The maximum absolute atomic E-state index is 12.9. The fourth-order valence-electron chi connectivity index (χ4n) is 3.56. The number of rotatable bonds is 4. The molecule has 110 valence electrons. The van der Waals surface area contributed by atoms with E-state index in [0.717, 1.165) is 25.7 Å². The summed E-state index contributed by atoms with van der Waals surface area (Å²) < 4.78 is 0. The first-order valence-electron chi connectivity index (χ1n) is 7.74. The van der Waals surface area contributed by atoms with Crippen LogP contribution >= 0.6 is 0 Å². The second-order valence-corrected chi connectivity index (χ2v) is 7.10. The van der Waals surface area contributed by atoms with E-state index >= 15 is 0 Å². The van der Waals surface area contributed by atoms with Gasteiger partial charge in [0.25, 0.3) is 0 Å². The Bertz CT molecular complexity index is 329. The van der Waals surface area contributed by atoms with Crippen LogP contribution in [0.1, 0.15) is 66.7 Å². The van der Waals surface area contributed by atoms with E-state index in [2.05, 4.69) is 46.5 Å². The van der Waals surface area contributed by atoms with Gasteiger partial charge in [-0.15, -0.1) is 6.58 Å². The van der Waals surface area contributed by atoms with E-state index in [9.17, 15) is 4.79 Å². The summed E-state index contributed by atoms with van der Waals surface area (Å²) in [5.41, 5.74) is -0.349. The molecule has 19 heavy (non-hydrogen) atoms. The van der Waals surface area contributed by atoms with Gasteiger partial charge in [-0.05, 0) is 58.3 Å². The van der Waals surface area contributed by atoms with Gasteiger partial charge >= 0.3 is 0 Å². The third kappa shape index (κ3) is 3.61. The zero-order valence-corrected chi connectivity index (χ0v) is 13.4. The van der Waals surface area contributed by atoms with Gasteiger partial charge in [0.15, 0.2) is 0 Å². The minimum Gasteiger partial charge on any atom is -0.351 e. The van der Waals surface area contributed by atoms with Crippen LogP contribution in [0.4, 0.5) is 0 Å². The molecule has 1 saturated carbocycles. The summed E-state index contributed by atoms with van der Waals surface area (Å²) >= 11 is 0.